The van der Waals surface area contributed by atoms with Crippen molar-refractivity contribution in [2.75, 3.05) is 0 Å². The molecule has 2 aromatic rings. The third-order valence-corrected chi connectivity index (χ3v) is 3.88. The van der Waals surface area contributed by atoms with Crippen molar-refractivity contribution in [2.24, 2.45) is 0 Å². The van der Waals surface area contributed by atoms with Gasteiger partial charge in [-0.1, -0.05) is 0 Å². The molecule has 0 atom stereocenters. The van der Waals surface area contributed by atoms with E-state index in [1.54, 1.807) is 24.3 Å². The minimum absolute atomic E-state index is 0. The molecule has 0 aliphatic carbocycles. The molecule has 2 rings (SSSR count). The van der Waals surface area contributed by atoms with Gasteiger partial charge in [-0.3, -0.25) is 0 Å². The summed E-state index contributed by atoms with van der Waals surface area (Å²) in [6, 6.07) is 6.83. The summed E-state index contributed by atoms with van der Waals surface area (Å²) in [6.45, 7) is 3.77. The molecule has 0 aliphatic heterocycles. The van der Waals surface area contributed by atoms with E-state index in [2.05, 4.69) is 0 Å². The molecule has 0 radical (unpaired) electrons. The van der Waals surface area contributed by atoms with Crippen LogP contribution in [0.2, 0.25) is 0 Å². The number of hydrogen-bond donors (Lipinski definition) is 2. The average Bonchev–Trinajstić information content (AvgIpc) is 2.88. The van der Waals surface area contributed by atoms with Crippen LogP contribution < -0.4 is 0 Å². The SMILES string of the molecule is Cc1ccc(C(=O)O)s1.Cc1ccc(C(=O)O)s1.[Zn]. The van der Waals surface area contributed by atoms with Gasteiger partial charge in [0, 0.05) is 29.2 Å². The van der Waals surface area contributed by atoms with Gasteiger partial charge < -0.3 is 10.2 Å². The van der Waals surface area contributed by atoms with Crippen LogP contribution in [0.1, 0.15) is 29.1 Å². The second-order valence-electron chi connectivity index (χ2n) is 3.43. The maximum Gasteiger partial charge on any atom is 0.345 e. The molecule has 98 valence electrons. The number of rotatable bonds is 2. The maximum absolute atomic E-state index is 10.2. The molecule has 2 heterocycles. The molecular weight excluding hydrogens is 338 g/mol. The number of aromatic carboxylic acids is 2. The van der Waals surface area contributed by atoms with Gasteiger partial charge in [0.2, 0.25) is 0 Å². The summed E-state index contributed by atoms with van der Waals surface area (Å²) in [4.78, 5) is 23.3. The summed E-state index contributed by atoms with van der Waals surface area (Å²) in [6.07, 6.45) is 0. The Morgan fingerprint density at radius 2 is 1.16 bits per heavy atom. The summed E-state index contributed by atoms with van der Waals surface area (Å²) in [5.41, 5.74) is 0. The summed E-state index contributed by atoms with van der Waals surface area (Å²) < 4.78 is 0. The van der Waals surface area contributed by atoms with Crippen LogP contribution in [-0.2, 0) is 19.5 Å². The van der Waals surface area contributed by atoms with E-state index in [1.165, 1.54) is 22.7 Å². The van der Waals surface area contributed by atoms with Crippen LogP contribution in [-0.4, -0.2) is 22.2 Å². The van der Waals surface area contributed by atoms with Gasteiger partial charge in [0.25, 0.3) is 0 Å². The van der Waals surface area contributed by atoms with Gasteiger partial charge in [-0.2, -0.15) is 0 Å². The van der Waals surface area contributed by atoms with E-state index in [0.29, 0.717) is 9.75 Å². The van der Waals surface area contributed by atoms with E-state index in [0.717, 1.165) is 9.75 Å². The van der Waals surface area contributed by atoms with Crippen LogP contribution in [0.15, 0.2) is 24.3 Å². The number of aryl methyl sites for hydroxylation is 2. The number of carbonyl (C=O) groups is 2. The van der Waals surface area contributed by atoms with Crippen molar-refractivity contribution in [2.45, 2.75) is 13.8 Å². The fourth-order valence-electron chi connectivity index (χ4n) is 1.10. The van der Waals surface area contributed by atoms with Crippen molar-refractivity contribution in [3.8, 4) is 0 Å². The first-order chi connectivity index (χ1) is 8.40. The Bertz CT molecular complexity index is 509. The van der Waals surface area contributed by atoms with Crippen LogP contribution >= 0.6 is 22.7 Å². The van der Waals surface area contributed by atoms with Gasteiger partial charge >= 0.3 is 11.9 Å². The van der Waals surface area contributed by atoms with Gasteiger partial charge in [0.1, 0.15) is 9.75 Å². The van der Waals surface area contributed by atoms with Crippen LogP contribution in [0, 0.1) is 13.8 Å². The standard InChI is InChI=1S/2C6H6O2S.Zn/c2*1-4-2-3-5(9-4)6(7)8;/h2*2-3H,1H3,(H,7,8);. The fourth-order valence-corrected chi connectivity index (χ4v) is 2.51. The van der Waals surface area contributed by atoms with Crippen molar-refractivity contribution >= 4 is 34.6 Å². The van der Waals surface area contributed by atoms with E-state index in [9.17, 15) is 9.59 Å². The second kappa shape index (κ2) is 8.20. The molecule has 0 saturated carbocycles. The number of carboxylic acid groups (broad SMARTS) is 2. The topological polar surface area (TPSA) is 74.6 Å². The molecular formula is C12H12O4S2Zn. The summed E-state index contributed by atoms with van der Waals surface area (Å²) in [5.74, 6) is -1.68. The normalized spacial score (nSPS) is 8.95. The Labute approximate surface area is 131 Å². The largest absolute Gasteiger partial charge is 0.477 e. The molecule has 2 N–H and O–H groups in total. The quantitative estimate of drug-likeness (QED) is 0.814. The predicted molar refractivity (Wildman–Crippen MR) is 72.0 cm³/mol. The Hall–Kier alpha value is -1.04. The van der Waals surface area contributed by atoms with Gasteiger partial charge in [-0.05, 0) is 38.1 Å². The van der Waals surface area contributed by atoms with Crippen LogP contribution in [0.4, 0.5) is 0 Å². The third-order valence-electron chi connectivity index (χ3n) is 1.90. The van der Waals surface area contributed by atoms with Crippen LogP contribution in [0.25, 0.3) is 0 Å². The monoisotopic (exact) mass is 348 g/mol. The number of thiophene rings is 2. The smallest absolute Gasteiger partial charge is 0.345 e. The first-order valence-electron chi connectivity index (χ1n) is 4.99. The van der Waals surface area contributed by atoms with Crippen molar-refractivity contribution < 1.29 is 39.3 Å². The van der Waals surface area contributed by atoms with E-state index in [1.807, 2.05) is 13.8 Å². The van der Waals surface area contributed by atoms with Gasteiger partial charge in [0.05, 0.1) is 0 Å². The Balaban J connectivity index is 0.000000324. The van der Waals surface area contributed by atoms with Crippen molar-refractivity contribution in [1.29, 1.82) is 0 Å². The molecule has 4 nitrogen and oxygen atoms in total. The Morgan fingerprint density at radius 1 is 0.842 bits per heavy atom. The van der Waals surface area contributed by atoms with E-state index in [-0.39, 0.29) is 19.5 Å². The summed E-state index contributed by atoms with van der Waals surface area (Å²) in [5, 5.41) is 16.8. The minimum Gasteiger partial charge on any atom is -0.477 e. The van der Waals surface area contributed by atoms with Crippen LogP contribution in [0.5, 0.6) is 0 Å². The van der Waals surface area contributed by atoms with Crippen LogP contribution in [0.3, 0.4) is 0 Å². The Morgan fingerprint density at radius 3 is 1.26 bits per heavy atom. The van der Waals surface area contributed by atoms with Crippen molar-refractivity contribution in [1.82, 2.24) is 0 Å². The summed E-state index contributed by atoms with van der Waals surface area (Å²) in [7, 11) is 0. The zero-order chi connectivity index (χ0) is 13.7. The van der Waals surface area contributed by atoms with Gasteiger partial charge in [0.15, 0.2) is 0 Å². The molecule has 7 heteroatoms. The second-order valence-corrected chi connectivity index (χ2v) is 6.01. The predicted octanol–water partition coefficient (Wildman–Crippen LogP) is 3.51. The third kappa shape index (κ3) is 6.09. The number of hydrogen-bond acceptors (Lipinski definition) is 4. The zero-order valence-corrected chi connectivity index (χ0v) is 15.1. The van der Waals surface area contributed by atoms with Gasteiger partial charge in [-0.15, -0.1) is 22.7 Å². The Kier molecular flexibility index (Phi) is 7.75. The molecule has 0 amide bonds. The zero-order valence-electron chi connectivity index (χ0n) is 10.5. The maximum atomic E-state index is 10.2. The molecule has 19 heavy (non-hydrogen) atoms. The van der Waals surface area contributed by atoms with E-state index >= 15 is 0 Å². The molecule has 0 fully saturated rings. The molecule has 0 spiro atoms. The van der Waals surface area contributed by atoms with Crippen molar-refractivity contribution in [3.63, 3.8) is 0 Å². The summed E-state index contributed by atoms with van der Waals surface area (Å²) >= 11 is 2.59. The van der Waals surface area contributed by atoms with E-state index in [4.69, 9.17) is 10.2 Å². The molecule has 0 unspecified atom stereocenters. The first-order valence-corrected chi connectivity index (χ1v) is 6.63. The molecule has 0 aliphatic rings. The van der Waals surface area contributed by atoms with Gasteiger partial charge in [-0.25, -0.2) is 9.59 Å². The number of carboxylic acids is 2. The first kappa shape index (κ1) is 18.0. The molecule has 2 aromatic heterocycles. The molecule has 0 aromatic carbocycles. The fraction of sp³-hybridized carbons (Fsp3) is 0.167. The molecule has 0 bridgehead atoms. The average molecular weight is 350 g/mol. The molecule has 0 saturated heterocycles. The minimum atomic E-state index is -0.840. The van der Waals surface area contributed by atoms with E-state index < -0.39 is 11.9 Å². The van der Waals surface area contributed by atoms with Crippen molar-refractivity contribution in [3.05, 3.63) is 43.8 Å².